The first kappa shape index (κ1) is 22.6. The quantitative estimate of drug-likeness (QED) is 0.271. The smallest absolute Gasteiger partial charge is 0.329 e. The van der Waals surface area contributed by atoms with Gasteiger partial charge in [0.05, 0.1) is 23.3 Å². The SMILES string of the molecule is CC[C@H](C)Oc1c(I)cc(/C=C2\NC(=O)N(Cc3ccc(Br)cc3)C2=O)cc1OC. The number of benzene rings is 2. The van der Waals surface area contributed by atoms with Gasteiger partial charge in [0.2, 0.25) is 0 Å². The number of rotatable bonds is 7. The standard InChI is InChI=1S/C22H22BrIN2O4/c1-4-13(2)30-20-17(24)9-15(11-19(20)29-3)10-18-21(27)26(22(28)25-18)12-14-5-7-16(23)8-6-14/h5-11,13H,4,12H2,1-3H3,(H,25,28)/b18-10-/t13-/m0/s1. The topological polar surface area (TPSA) is 67.9 Å². The highest BCUT2D eigenvalue weighted by Gasteiger charge is 2.33. The predicted octanol–water partition coefficient (Wildman–Crippen LogP) is 5.33. The molecule has 0 radical (unpaired) electrons. The summed E-state index contributed by atoms with van der Waals surface area (Å²) in [5.74, 6) is 0.891. The van der Waals surface area contributed by atoms with Crippen molar-refractivity contribution in [3.63, 3.8) is 0 Å². The van der Waals surface area contributed by atoms with Crippen molar-refractivity contribution in [3.8, 4) is 11.5 Å². The zero-order valence-corrected chi connectivity index (χ0v) is 20.6. The Bertz CT molecular complexity index is 991. The van der Waals surface area contributed by atoms with Gasteiger partial charge in [-0.1, -0.05) is 35.0 Å². The molecule has 0 bridgehead atoms. The number of hydrogen-bond acceptors (Lipinski definition) is 4. The number of halogens is 2. The lowest BCUT2D eigenvalue weighted by Gasteiger charge is -2.17. The molecule has 1 aliphatic heterocycles. The van der Waals surface area contributed by atoms with Gasteiger partial charge in [-0.3, -0.25) is 9.69 Å². The first-order chi connectivity index (χ1) is 14.3. The molecule has 1 saturated heterocycles. The Balaban J connectivity index is 1.84. The van der Waals surface area contributed by atoms with E-state index in [0.29, 0.717) is 11.5 Å². The van der Waals surface area contributed by atoms with Crippen molar-refractivity contribution in [1.82, 2.24) is 10.2 Å². The summed E-state index contributed by atoms with van der Waals surface area (Å²) < 4.78 is 13.3. The Labute approximate surface area is 197 Å². The highest BCUT2D eigenvalue weighted by atomic mass is 127. The van der Waals surface area contributed by atoms with Gasteiger partial charge >= 0.3 is 6.03 Å². The van der Waals surface area contributed by atoms with E-state index in [4.69, 9.17) is 9.47 Å². The minimum atomic E-state index is -0.437. The fourth-order valence-electron chi connectivity index (χ4n) is 2.88. The molecule has 0 unspecified atom stereocenters. The van der Waals surface area contributed by atoms with E-state index in [1.807, 2.05) is 37.3 Å². The summed E-state index contributed by atoms with van der Waals surface area (Å²) in [7, 11) is 1.58. The van der Waals surface area contributed by atoms with Gasteiger partial charge in [0, 0.05) is 4.47 Å². The number of nitrogens with one attached hydrogen (secondary N) is 1. The van der Waals surface area contributed by atoms with Gasteiger partial charge < -0.3 is 14.8 Å². The number of urea groups is 1. The minimum Gasteiger partial charge on any atom is -0.493 e. The van der Waals surface area contributed by atoms with Crippen molar-refractivity contribution in [2.45, 2.75) is 32.9 Å². The predicted molar refractivity (Wildman–Crippen MR) is 127 cm³/mol. The van der Waals surface area contributed by atoms with E-state index in [9.17, 15) is 9.59 Å². The second-order valence-electron chi connectivity index (χ2n) is 6.88. The Morgan fingerprint density at radius 3 is 2.57 bits per heavy atom. The summed E-state index contributed by atoms with van der Waals surface area (Å²) in [6.45, 7) is 4.26. The van der Waals surface area contributed by atoms with Crippen LogP contribution in [0.1, 0.15) is 31.4 Å². The van der Waals surface area contributed by atoms with Crippen LogP contribution < -0.4 is 14.8 Å². The van der Waals surface area contributed by atoms with Crippen LogP contribution in [0.3, 0.4) is 0 Å². The average molecular weight is 585 g/mol. The normalized spacial score (nSPS) is 16.0. The van der Waals surface area contributed by atoms with Crippen LogP contribution in [0.2, 0.25) is 0 Å². The molecule has 1 aliphatic rings. The Morgan fingerprint density at radius 1 is 1.23 bits per heavy atom. The lowest BCUT2D eigenvalue weighted by molar-refractivity contribution is -0.123. The second kappa shape index (κ2) is 9.82. The number of imide groups is 1. The molecule has 30 heavy (non-hydrogen) atoms. The average Bonchev–Trinajstić information content (AvgIpc) is 2.98. The van der Waals surface area contributed by atoms with Crippen LogP contribution in [0.4, 0.5) is 4.79 Å². The van der Waals surface area contributed by atoms with Crippen LogP contribution in [0, 0.1) is 3.57 Å². The fourth-order valence-corrected chi connectivity index (χ4v) is 3.89. The van der Waals surface area contributed by atoms with Crippen LogP contribution in [-0.2, 0) is 11.3 Å². The molecule has 1 atom stereocenters. The first-order valence-electron chi connectivity index (χ1n) is 9.45. The maximum Gasteiger partial charge on any atom is 0.329 e. The van der Waals surface area contributed by atoms with E-state index in [2.05, 4.69) is 50.8 Å². The molecule has 0 saturated carbocycles. The van der Waals surface area contributed by atoms with Gasteiger partial charge in [-0.2, -0.15) is 0 Å². The summed E-state index contributed by atoms with van der Waals surface area (Å²) >= 11 is 5.56. The molecule has 1 fully saturated rings. The second-order valence-corrected chi connectivity index (χ2v) is 8.95. The molecule has 158 valence electrons. The van der Waals surface area contributed by atoms with Crippen molar-refractivity contribution in [2.24, 2.45) is 0 Å². The third-order valence-corrected chi connectivity index (χ3v) is 6.00. The monoisotopic (exact) mass is 584 g/mol. The number of methoxy groups -OCH3 is 1. The summed E-state index contributed by atoms with van der Waals surface area (Å²) in [6, 6.07) is 10.7. The van der Waals surface area contributed by atoms with Crippen molar-refractivity contribution in [1.29, 1.82) is 0 Å². The molecule has 0 aromatic heterocycles. The number of ether oxygens (including phenoxy) is 2. The lowest BCUT2D eigenvalue weighted by atomic mass is 10.1. The van der Waals surface area contributed by atoms with Crippen LogP contribution in [0.15, 0.2) is 46.6 Å². The molecule has 1 heterocycles. The number of hydrogen-bond donors (Lipinski definition) is 1. The Kier molecular flexibility index (Phi) is 7.41. The van der Waals surface area contributed by atoms with Crippen LogP contribution in [-0.4, -0.2) is 30.1 Å². The van der Waals surface area contributed by atoms with E-state index < -0.39 is 6.03 Å². The van der Waals surface area contributed by atoms with Gasteiger partial charge in [0.15, 0.2) is 11.5 Å². The lowest BCUT2D eigenvalue weighted by Crippen LogP contribution is -2.30. The first-order valence-corrected chi connectivity index (χ1v) is 11.3. The van der Waals surface area contributed by atoms with Gasteiger partial charge in [-0.25, -0.2) is 4.79 Å². The molecule has 0 aliphatic carbocycles. The highest BCUT2D eigenvalue weighted by molar-refractivity contribution is 14.1. The van der Waals surface area contributed by atoms with Crippen molar-refractivity contribution in [2.75, 3.05) is 7.11 Å². The van der Waals surface area contributed by atoms with Gasteiger partial charge in [0.1, 0.15) is 5.70 Å². The number of carbonyl (C=O) groups is 2. The maximum absolute atomic E-state index is 12.8. The molecule has 2 aromatic carbocycles. The van der Waals surface area contributed by atoms with E-state index in [-0.39, 0.29) is 24.3 Å². The summed E-state index contributed by atoms with van der Waals surface area (Å²) in [5.41, 5.74) is 1.83. The van der Waals surface area contributed by atoms with E-state index >= 15 is 0 Å². The number of amides is 3. The zero-order chi connectivity index (χ0) is 21.8. The zero-order valence-electron chi connectivity index (χ0n) is 16.9. The van der Waals surface area contributed by atoms with E-state index in [1.165, 1.54) is 4.90 Å². The molecule has 3 amide bonds. The molecule has 3 rings (SSSR count). The van der Waals surface area contributed by atoms with Crippen molar-refractivity contribution < 1.29 is 19.1 Å². The highest BCUT2D eigenvalue weighted by Crippen LogP contribution is 2.35. The minimum absolute atomic E-state index is 0.0551. The van der Waals surface area contributed by atoms with Crippen LogP contribution >= 0.6 is 38.5 Å². The van der Waals surface area contributed by atoms with Gasteiger partial charge in [-0.15, -0.1) is 0 Å². The molecule has 2 aromatic rings. The molecule has 6 nitrogen and oxygen atoms in total. The summed E-state index contributed by atoms with van der Waals surface area (Å²) in [6.07, 6.45) is 2.58. The van der Waals surface area contributed by atoms with Gasteiger partial charge in [-0.05, 0) is 77.4 Å². The Morgan fingerprint density at radius 2 is 1.93 bits per heavy atom. The van der Waals surface area contributed by atoms with Crippen LogP contribution in [0.25, 0.3) is 6.08 Å². The summed E-state index contributed by atoms with van der Waals surface area (Å²) in [4.78, 5) is 26.3. The van der Waals surface area contributed by atoms with Gasteiger partial charge in [0.25, 0.3) is 5.91 Å². The number of carbonyl (C=O) groups excluding carboxylic acids is 2. The fraction of sp³-hybridized carbons (Fsp3) is 0.273. The molecule has 8 heteroatoms. The van der Waals surface area contributed by atoms with Crippen molar-refractivity contribution >= 4 is 56.5 Å². The largest absolute Gasteiger partial charge is 0.493 e. The third kappa shape index (κ3) is 5.15. The van der Waals surface area contributed by atoms with E-state index in [1.54, 1.807) is 19.3 Å². The molecular weight excluding hydrogens is 563 g/mol. The molecular formula is C22H22BrIN2O4. The summed E-state index contributed by atoms with van der Waals surface area (Å²) in [5, 5.41) is 2.66. The molecule has 1 N–H and O–H groups in total. The molecule has 0 spiro atoms. The number of nitrogens with zero attached hydrogens (tertiary/aromatic N) is 1. The van der Waals surface area contributed by atoms with E-state index in [0.717, 1.165) is 25.6 Å². The van der Waals surface area contributed by atoms with Crippen molar-refractivity contribution in [3.05, 3.63) is 61.3 Å². The third-order valence-electron chi connectivity index (χ3n) is 4.67. The Hall–Kier alpha value is -2.07. The van der Waals surface area contributed by atoms with Crippen LogP contribution in [0.5, 0.6) is 11.5 Å². The maximum atomic E-state index is 12.8.